The molecule has 0 spiro atoms. The molecule has 2 atom stereocenters. The zero-order chi connectivity index (χ0) is 24.1. The Labute approximate surface area is 195 Å². The van der Waals surface area contributed by atoms with Crippen LogP contribution >= 0.6 is 0 Å². The highest BCUT2D eigenvalue weighted by Crippen LogP contribution is 2.07. The number of nitrogens with one attached hydrogen (secondary N) is 2. The van der Waals surface area contributed by atoms with E-state index in [-0.39, 0.29) is 19.2 Å². The maximum Gasteiger partial charge on any atom is 0.407 e. The van der Waals surface area contributed by atoms with Gasteiger partial charge in [-0.25, -0.2) is 9.78 Å². The fraction of sp³-hybridized carbons (Fsp3) is 0.542. The average Bonchev–Trinajstić information content (AvgIpc) is 3.27. The van der Waals surface area contributed by atoms with Gasteiger partial charge >= 0.3 is 12.1 Å². The van der Waals surface area contributed by atoms with Gasteiger partial charge in [0.25, 0.3) is 0 Å². The van der Waals surface area contributed by atoms with E-state index in [1.165, 1.54) is 7.11 Å². The summed E-state index contributed by atoms with van der Waals surface area (Å²) in [5.74, 6) is 0.214. The van der Waals surface area contributed by atoms with Crippen molar-refractivity contribution in [1.82, 2.24) is 20.2 Å². The number of aliphatic hydroxyl groups is 1. The zero-order valence-electron chi connectivity index (χ0n) is 19.7. The van der Waals surface area contributed by atoms with Crippen LogP contribution in [0.4, 0.5) is 4.79 Å². The van der Waals surface area contributed by atoms with Crippen LogP contribution in [0.3, 0.4) is 0 Å². The van der Waals surface area contributed by atoms with Gasteiger partial charge in [0.05, 0.1) is 31.8 Å². The van der Waals surface area contributed by atoms with Crippen LogP contribution in [0.2, 0.25) is 0 Å². The molecule has 3 N–H and O–H groups in total. The molecule has 0 aliphatic rings. The van der Waals surface area contributed by atoms with E-state index in [0.717, 1.165) is 24.2 Å². The molecule has 0 radical (unpaired) electrons. The molecular formula is C24H36N4O5. The minimum absolute atomic E-state index is 0.150. The van der Waals surface area contributed by atoms with Gasteiger partial charge in [0.1, 0.15) is 12.6 Å². The predicted octanol–water partition coefficient (Wildman–Crippen LogP) is 2.28. The number of carbonyl (C=O) groups excluding carboxylic acids is 2. The highest BCUT2D eigenvalue weighted by atomic mass is 16.5. The van der Waals surface area contributed by atoms with Crippen LogP contribution in [-0.2, 0) is 33.8 Å². The Bertz CT molecular complexity index is 840. The largest absolute Gasteiger partial charge is 0.468 e. The maximum atomic E-state index is 12.2. The van der Waals surface area contributed by atoms with Gasteiger partial charge in [-0.15, -0.1) is 0 Å². The summed E-state index contributed by atoms with van der Waals surface area (Å²) in [7, 11) is 1.35. The van der Waals surface area contributed by atoms with Gasteiger partial charge in [-0.1, -0.05) is 44.2 Å². The number of aliphatic hydroxyl groups excluding tert-OH is 1. The van der Waals surface area contributed by atoms with E-state index in [9.17, 15) is 14.7 Å². The molecule has 0 saturated carbocycles. The smallest absolute Gasteiger partial charge is 0.407 e. The topological polar surface area (TPSA) is 115 Å². The van der Waals surface area contributed by atoms with E-state index in [1.54, 1.807) is 6.33 Å². The van der Waals surface area contributed by atoms with Crippen molar-refractivity contribution in [2.24, 2.45) is 5.92 Å². The van der Waals surface area contributed by atoms with Crippen molar-refractivity contribution in [3.05, 3.63) is 54.1 Å². The summed E-state index contributed by atoms with van der Waals surface area (Å²) in [6.45, 7) is 5.52. The van der Waals surface area contributed by atoms with Gasteiger partial charge in [-0.3, -0.25) is 4.79 Å². The lowest BCUT2D eigenvalue weighted by atomic mass is 10.1. The number of aromatic nitrogens is 2. The fourth-order valence-corrected chi connectivity index (χ4v) is 3.20. The Hall–Kier alpha value is -2.91. The summed E-state index contributed by atoms with van der Waals surface area (Å²) in [6, 6.07) is 8.27. The second kappa shape index (κ2) is 14.3. The first kappa shape index (κ1) is 26.3. The van der Waals surface area contributed by atoms with E-state index < -0.39 is 18.2 Å². The van der Waals surface area contributed by atoms with Crippen LogP contribution in [-0.4, -0.2) is 59.1 Å². The lowest BCUT2D eigenvalue weighted by Gasteiger charge is -2.19. The third kappa shape index (κ3) is 10.0. The van der Waals surface area contributed by atoms with Crippen molar-refractivity contribution >= 4 is 12.1 Å². The number of methoxy groups -OCH3 is 1. The van der Waals surface area contributed by atoms with Crippen LogP contribution in [0, 0.1) is 5.92 Å². The van der Waals surface area contributed by atoms with E-state index in [4.69, 9.17) is 9.47 Å². The molecule has 0 aliphatic heterocycles. The minimum atomic E-state index is -0.602. The van der Waals surface area contributed by atoms with Gasteiger partial charge < -0.3 is 29.8 Å². The molecule has 182 valence electrons. The van der Waals surface area contributed by atoms with Crippen molar-refractivity contribution in [2.75, 3.05) is 20.3 Å². The number of hydrogen-bond donors (Lipinski definition) is 3. The first-order valence-corrected chi connectivity index (χ1v) is 11.3. The zero-order valence-corrected chi connectivity index (χ0v) is 19.7. The molecule has 0 fully saturated rings. The minimum Gasteiger partial charge on any atom is -0.468 e. The summed E-state index contributed by atoms with van der Waals surface area (Å²) in [5, 5.41) is 15.4. The first-order chi connectivity index (χ1) is 15.9. The first-order valence-electron chi connectivity index (χ1n) is 11.3. The third-order valence-corrected chi connectivity index (χ3v) is 5.19. The molecule has 1 heterocycles. The quantitative estimate of drug-likeness (QED) is 0.371. The summed E-state index contributed by atoms with van der Waals surface area (Å²) in [5.41, 5.74) is 1.67. The monoisotopic (exact) mass is 460 g/mol. The molecule has 0 saturated heterocycles. The maximum absolute atomic E-state index is 12.2. The number of nitrogens with zero attached hydrogens (tertiary/aromatic N) is 2. The van der Waals surface area contributed by atoms with Crippen LogP contribution < -0.4 is 10.6 Å². The normalized spacial score (nSPS) is 12.9. The number of esters is 1. The van der Waals surface area contributed by atoms with E-state index in [1.807, 2.05) is 41.1 Å². The third-order valence-electron chi connectivity index (χ3n) is 5.19. The van der Waals surface area contributed by atoms with Gasteiger partial charge in [0.15, 0.2) is 0 Å². The Morgan fingerprint density at radius 2 is 1.94 bits per heavy atom. The molecule has 0 bridgehead atoms. The Kier molecular flexibility index (Phi) is 11.4. The molecule has 1 aromatic carbocycles. The number of imidazole rings is 1. The second-order valence-electron chi connectivity index (χ2n) is 8.39. The predicted molar refractivity (Wildman–Crippen MR) is 124 cm³/mol. The molecule has 1 amide bonds. The fourth-order valence-electron chi connectivity index (χ4n) is 3.20. The molecular weight excluding hydrogens is 424 g/mol. The highest BCUT2D eigenvalue weighted by Gasteiger charge is 2.21. The SMILES string of the molecule is COC(=O)C(Cc1cn(CCC(C)C)cn1)NCCC(CO)NC(=O)OCc1ccccc1. The summed E-state index contributed by atoms with van der Waals surface area (Å²) in [6.07, 6.45) is 4.97. The summed E-state index contributed by atoms with van der Waals surface area (Å²) < 4.78 is 12.1. The molecule has 0 aliphatic carbocycles. The van der Waals surface area contributed by atoms with E-state index in [0.29, 0.717) is 25.3 Å². The van der Waals surface area contributed by atoms with Crippen LogP contribution in [0.5, 0.6) is 0 Å². The van der Waals surface area contributed by atoms with Crippen molar-refractivity contribution in [3.8, 4) is 0 Å². The van der Waals surface area contributed by atoms with E-state index in [2.05, 4.69) is 29.5 Å². The molecule has 2 rings (SSSR count). The van der Waals surface area contributed by atoms with Crippen molar-refractivity contribution < 1.29 is 24.2 Å². The molecule has 33 heavy (non-hydrogen) atoms. The van der Waals surface area contributed by atoms with Crippen LogP contribution in [0.1, 0.15) is 37.9 Å². The standard InChI is InChI=1S/C24H36N4O5/c1-18(2)10-12-28-14-21(26-17-28)13-22(23(30)32-3)25-11-9-20(15-29)27-24(31)33-16-19-7-5-4-6-8-19/h4-8,14,17-18,20,22,25,29H,9-13,15-16H2,1-3H3,(H,27,31). The molecule has 9 nitrogen and oxygen atoms in total. The number of ether oxygens (including phenoxy) is 2. The van der Waals surface area contributed by atoms with Gasteiger partial charge in [0, 0.05) is 19.2 Å². The van der Waals surface area contributed by atoms with Gasteiger partial charge in [-0.05, 0) is 30.9 Å². The van der Waals surface area contributed by atoms with Crippen molar-refractivity contribution in [3.63, 3.8) is 0 Å². The number of hydrogen-bond acceptors (Lipinski definition) is 7. The van der Waals surface area contributed by atoms with Crippen molar-refractivity contribution in [2.45, 2.75) is 58.3 Å². The number of carbonyl (C=O) groups is 2. The molecule has 9 heteroatoms. The Morgan fingerprint density at radius 1 is 1.18 bits per heavy atom. The lowest BCUT2D eigenvalue weighted by Crippen LogP contribution is -2.44. The van der Waals surface area contributed by atoms with E-state index >= 15 is 0 Å². The van der Waals surface area contributed by atoms with Gasteiger partial charge in [-0.2, -0.15) is 0 Å². The second-order valence-corrected chi connectivity index (χ2v) is 8.39. The number of alkyl carbamates (subject to hydrolysis) is 1. The molecule has 2 aromatic rings. The van der Waals surface area contributed by atoms with Crippen LogP contribution in [0.15, 0.2) is 42.9 Å². The average molecular weight is 461 g/mol. The molecule has 2 unspecified atom stereocenters. The Balaban J connectivity index is 1.79. The van der Waals surface area contributed by atoms with Crippen LogP contribution in [0.25, 0.3) is 0 Å². The Morgan fingerprint density at radius 3 is 2.61 bits per heavy atom. The number of aryl methyl sites for hydroxylation is 1. The number of amides is 1. The lowest BCUT2D eigenvalue weighted by molar-refractivity contribution is -0.143. The highest BCUT2D eigenvalue weighted by molar-refractivity contribution is 5.76. The molecule has 1 aromatic heterocycles. The summed E-state index contributed by atoms with van der Waals surface area (Å²) in [4.78, 5) is 28.6. The summed E-state index contributed by atoms with van der Waals surface area (Å²) >= 11 is 0. The number of benzene rings is 1. The van der Waals surface area contributed by atoms with Crippen molar-refractivity contribution in [1.29, 1.82) is 0 Å². The number of rotatable bonds is 14. The van der Waals surface area contributed by atoms with Gasteiger partial charge in [0.2, 0.25) is 0 Å².